The zero-order valence-corrected chi connectivity index (χ0v) is 12.9. The largest absolute Gasteiger partial charge is 0.438 e. The number of hydrogen-bond donors (Lipinski definition) is 1. The number of rotatable bonds is 4. The van der Waals surface area contributed by atoms with Crippen molar-refractivity contribution in [3.63, 3.8) is 0 Å². The monoisotopic (exact) mass is 328 g/mol. The number of carbonyl (C=O) groups excluding carboxylic acids is 1. The number of benzene rings is 1. The van der Waals surface area contributed by atoms with Gasteiger partial charge in [-0.3, -0.25) is 4.79 Å². The fourth-order valence-electron chi connectivity index (χ4n) is 1.51. The summed E-state index contributed by atoms with van der Waals surface area (Å²) >= 11 is 5.93. The average Bonchev–Trinajstić information content (AvgIpc) is 2.91. The van der Waals surface area contributed by atoms with Gasteiger partial charge in [-0.05, 0) is 24.3 Å². The van der Waals surface area contributed by atoms with Crippen LogP contribution in [0.15, 0.2) is 45.9 Å². The minimum absolute atomic E-state index is 0.115. The Morgan fingerprint density at radius 1 is 1.19 bits per heavy atom. The molecule has 0 aliphatic heterocycles. The van der Waals surface area contributed by atoms with E-state index in [-0.39, 0.29) is 10.9 Å². The minimum atomic E-state index is -3.71. The molecule has 6 nitrogen and oxygen atoms in total. The number of carbonyl (C=O) groups is 1. The van der Waals surface area contributed by atoms with E-state index in [0.717, 1.165) is 4.31 Å². The molecule has 1 amide bonds. The third kappa shape index (κ3) is 3.26. The Hall–Kier alpha value is -1.83. The molecule has 0 bridgehead atoms. The van der Waals surface area contributed by atoms with Crippen LogP contribution in [0.1, 0.15) is 10.6 Å². The number of nitrogens with zero attached hydrogens (tertiary/aromatic N) is 1. The van der Waals surface area contributed by atoms with Gasteiger partial charge >= 0.3 is 0 Å². The quantitative estimate of drug-likeness (QED) is 0.934. The molecule has 0 unspecified atom stereocenters. The second kappa shape index (κ2) is 5.88. The fraction of sp³-hybridized carbons (Fsp3) is 0.154. The van der Waals surface area contributed by atoms with Gasteiger partial charge in [-0.2, -0.15) is 0 Å². The van der Waals surface area contributed by atoms with Crippen LogP contribution in [-0.2, 0) is 10.0 Å². The van der Waals surface area contributed by atoms with Crippen molar-refractivity contribution in [2.45, 2.75) is 5.09 Å². The molecule has 0 fully saturated rings. The van der Waals surface area contributed by atoms with Gasteiger partial charge in [0.25, 0.3) is 15.9 Å². The summed E-state index contributed by atoms with van der Waals surface area (Å²) in [5.74, 6) is -0.696. The molecule has 1 heterocycles. The van der Waals surface area contributed by atoms with Crippen LogP contribution in [0.25, 0.3) is 0 Å². The van der Waals surface area contributed by atoms with Gasteiger partial charge in [0.2, 0.25) is 5.09 Å². The molecule has 2 aromatic rings. The number of furan rings is 1. The van der Waals surface area contributed by atoms with E-state index in [4.69, 9.17) is 16.0 Å². The fourth-order valence-corrected chi connectivity index (χ4v) is 2.49. The molecule has 0 radical (unpaired) electrons. The predicted molar refractivity (Wildman–Crippen MR) is 79.0 cm³/mol. The number of anilines is 1. The van der Waals surface area contributed by atoms with E-state index in [1.54, 1.807) is 24.3 Å². The summed E-state index contributed by atoms with van der Waals surface area (Å²) in [6.07, 6.45) is 0. The summed E-state index contributed by atoms with van der Waals surface area (Å²) in [6, 6.07) is 9.22. The molecule has 2 rings (SSSR count). The number of nitrogens with one attached hydrogen (secondary N) is 1. The lowest BCUT2D eigenvalue weighted by Gasteiger charge is -2.08. The van der Waals surface area contributed by atoms with E-state index < -0.39 is 15.9 Å². The third-order valence-electron chi connectivity index (χ3n) is 2.66. The van der Waals surface area contributed by atoms with Gasteiger partial charge in [0.1, 0.15) is 0 Å². The lowest BCUT2D eigenvalue weighted by molar-refractivity contribution is 0.0991. The Kier molecular flexibility index (Phi) is 4.36. The Morgan fingerprint density at radius 2 is 1.86 bits per heavy atom. The Balaban J connectivity index is 2.23. The van der Waals surface area contributed by atoms with Gasteiger partial charge in [-0.25, -0.2) is 12.7 Å². The number of sulfonamides is 1. The summed E-state index contributed by atoms with van der Waals surface area (Å²) in [6.45, 7) is 0. The van der Waals surface area contributed by atoms with Gasteiger partial charge < -0.3 is 9.73 Å². The van der Waals surface area contributed by atoms with Crippen molar-refractivity contribution in [3.8, 4) is 0 Å². The van der Waals surface area contributed by atoms with E-state index in [0.29, 0.717) is 10.7 Å². The molecule has 21 heavy (non-hydrogen) atoms. The van der Waals surface area contributed by atoms with Gasteiger partial charge in [0, 0.05) is 14.1 Å². The van der Waals surface area contributed by atoms with Crippen molar-refractivity contribution in [2.75, 3.05) is 19.4 Å². The van der Waals surface area contributed by atoms with Crippen LogP contribution in [0.4, 0.5) is 5.69 Å². The molecule has 0 aliphatic carbocycles. The zero-order valence-electron chi connectivity index (χ0n) is 11.3. The molecular formula is C13H13ClN2O4S. The molecule has 1 aromatic carbocycles. The lowest BCUT2D eigenvalue weighted by Crippen LogP contribution is -2.21. The van der Waals surface area contributed by atoms with Crippen LogP contribution < -0.4 is 5.32 Å². The molecule has 8 heteroatoms. The Bertz CT molecular complexity index is 768. The van der Waals surface area contributed by atoms with Crippen LogP contribution in [-0.4, -0.2) is 32.7 Å². The van der Waals surface area contributed by atoms with E-state index in [1.165, 1.54) is 26.2 Å². The Morgan fingerprint density at radius 3 is 2.48 bits per heavy atom. The summed E-state index contributed by atoms with van der Waals surface area (Å²) in [7, 11) is -0.957. The van der Waals surface area contributed by atoms with Crippen LogP contribution in [0.2, 0.25) is 5.02 Å². The third-order valence-corrected chi connectivity index (χ3v) is 4.68. The van der Waals surface area contributed by atoms with Gasteiger partial charge in [-0.15, -0.1) is 0 Å². The van der Waals surface area contributed by atoms with Gasteiger partial charge in [0.15, 0.2) is 5.76 Å². The minimum Gasteiger partial charge on any atom is -0.438 e. The molecule has 0 spiro atoms. The molecule has 1 N–H and O–H groups in total. The topological polar surface area (TPSA) is 79.6 Å². The van der Waals surface area contributed by atoms with E-state index >= 15 is 0 Å². The summed E-state index contributed by atoms with van der Waals surface area (Å²) in [4.78, 5) is 12.0. The summed E-state index contributed by atoms with van der Waals surface area (Å²) in [5.41, 5.74) is 0.414. The molecule has 0 aliphatic rings. The first-order chi connectivity index (χ1) is 9.82. The first-order valence-corrected chi connectivity index (χ1v) is 7.72. The zero-order chi connectivity index (χ0) is 15.6. The number of para-hydroxylation sites is 1. The van der Waals surface area contributed by atoms with Crippen LogP contribution in [0.3, 0.4) is 0 Å². The van der Waals surface area contributed by atoms with Crippen molar-refractivity contribution < 1.29 is 17.6 Å². The maximum Gasteiger partial charge on any atom is 0.291 e. The second-order valence-corrected chi connectivity index (χ2v) is 6.83. The second-order valence-electron chi connectivity index (χ2n) is 4.34. The van der Waals surface area contributed by atoms with Crippen molar-refractivity contribution in [2.24, 2.45) is 0 Å². The average molecular weight is 329 g/mol. The van der Waals surface area contributed by atoms with Crippen molar-refractivity contribution >= 4 is 33.2 Å². The first-order valence-electron chi connectivity index (χ1n) is 5.90. The smallest absolute Gasteiger partial charge is 0.291 e. The molecule has 0 atom stereocenters. The number of hydrogen-bond acceptors (Lipinski definition) is 4. The summed E-state index contributed by atoms with van der Waals surface area (Å²) in [5, 5.41) is 2.63. The van der Waals surface area contributed by atoms with Crippen molar-refractivity contribution in [1.82, 2.24) is 4.31 Å². The highest BCUT2D eigenvalue weighted by atomic mass is 35.5. The Labute approximate surface area is 127 Å². The molecule has 0 saturated heterocycles. The van der Waals surface area contributed by atoms with E-state index in [9.17, 15) is 13.2 Å². The highest BCUT2D eigenvalue weighted by molar-refractivity contribution is 7.88. The highest BCUT2D eigenvalue weighted by Gasteiger charge is 2.23. The maximum atomic E-state index is 12.0. The predicted octanol–water partition coefficient (Wildman–Crippen LogP) is 2.44. The van der Waals surface area contributed by atoms with E-state index in [2.05, 4.69) is 5.32 Å². The normalized spacial score (nSPS) is 11.6. The number of halogens is 1. The number of amides is 1. The highest BCUT2D eigenvalue weighted by Crippen LogP contribution is 2.22. The SMILES string of the molecule is CN(C)S(=O)(=O)c1ccc(C(=O)Nc2ccccc2Cl)o1. The lowest BCUT2D eigenvalue weighted by atomic mass is 10.3. The van der Waals surface area contributed by atoms with Gasteiger partial charge in [0.05, 0.1) is 10.7 Å². The standard InChI is InChI=1S/C13H13ClN2O4S/c1-16(2)21(18,19)12-8-7-11(20-12)13(17)15-10-6-4-3-5-9(10)14/h3-8H,1-2H3,(H,15,17). The van der Waals surface area contributed by atoms with E-state index in [1.807, 2.05) is 0 Å². The van der Waals surface area contributed by atoms with Crippen LogP contribution in [0.5, 0.6) is 0 Å². The van der Waals surface area contributed by atoms with Crippen LogP contribution >= 0.6 is 11.6 Å². The molecule has 1 aromatic heterocycles. The molecule has 112 valence electrons. The first kappa shape index (κ1) is 15.6. The maximum absolute atomic E-state index is 12.0. The van der Waals surface area contributed by atoms with Crippen molar-refractivity contribution in [3.05, 3.63) is 47.2 Å². The van der Waals surface area contributed by atoms with Gasteiger partial charge in [-0.1, -0.05) is 23.7 Å². The molecule has 0 saturated carbocycles. The van der Waals surface area contributed by atoms with Crippen LogP contribution in [0, 0.1) is 0 Å². The van der Waals surface area contributed by atoms with Crippen molar-refractivity contribution in [1.29, 1.82) is 0 Å². The summed E-state index contributed by atoms with van der Waals surface area (Å²) < 4.78 is 29.8. The molecular weight excluding hydrogens is 316 g/mol.